The van der Waals surface area contributed by atoms with Gasteiger partial charge in [-0.1, -0.05) is 32.4 Å². The lowest BCUT2D eigenvalue weighted by Crippen LogP contribution is -2.31. The molecule has 0 saturated heterocycles. The Labute approximate surface area is 121 Å². The lowest BCUT2D eigenvalue weighted by atomic mass is 9.80. The van der Waals surface area contributed by atoms with Crippen molar-refractivity contribution < 1.29 is 0 Å². The molecule has 1 aromatic heterocycles. The third-order valence-corrected chi connectivity index (χ3v) is 4.34. The lowest BCUT2D eigenvalue weighted by molar-refractivity contribution is 0.280. The van der Waals surface area contributed by atoms with Gasteiger partial charge in [0.2, 0.25) is 0 Å². The van der Waals surface area contributed by atoms with Crippen LogP contribution in [0.25, 0.3) is 0 Å². The second kappa shape index (κ2) is 6.08. The Hall–Kier alpha value is -0.830. The van der Waals surface area contributed by atoms with Crippen LogP contribution in [0.5, 0.6) is 0 Å². The maximum atomic E-state index is 6.18. The highest BCUT2D eigenvalue weighted by atomic mass is 35.5. The van der Waals surface area contributed by atoms with Crippen LogP contribution in [-0.2, 0) is 6.42 Å². The Morgan fingerprint density at radius 2 is 1.79 bits per heavy atom. The van der Waals surface area contributed by atoms with Crippen molar-refractivity contribution in [1.29, 1.82) is 0 Å². The zero-order chi connectivity index (χ0) is 14.0. The van der Waals surface area contributed by atoms with Crippen LogP contribution in [0.15, 0.2) is 0 Å². The molecular weight excluding hydrogens is 258 g/mol. The van der Waals surface area contributed by atoms with Crippen LogP contribution in [0.2, 0.25) is 5.15 Å². The summed E-state index contributed by atoms with van der Waals surface area (Å²) >= 11 is 6.18. The van der Waals surface area contributed by atoms with Crippen molar-refractivity contribution >= 4 is 17.4 Å². The van der Waals surface area contributed by atoms with Crippen LogP contribution < -0.4 is 5.32 Å². The van der Waals surface area contributed by atoms with Gasteiger partial charge in [0.15, 0.2) is 0 Å². The number of hydrogen-bond donors (Lipinski definition) is 1. The minimum absolute atomic E-state index is 0.508. The van der Waals surface area contributed by atoms with E-state index in [0.29, 0.717) is 11.2 Å². The van der Waals surface area contributed by atoms with Crippen molar-refractivity contribution in [3.63, 3.8) is 0 Å². The van der Waals surface area contributed by atoms with E-state index in [1.54, 1.807) is 0 Å². The van der Waals surface area contributed by atoms with E-state index in [2.05, 4.69) is 36.1 Å². The van der Waals surface area contributed by atoms with E-state index in [0.717, 1.165) is 35.5 Å². The van der Waals surface area contributed by atoms with E-state index in [-0.39, 0.29) is 0 Å². The van der Waals surface area contributed by atoms with Gasteiger partial charge in [-0.3, -0.25) is 0 Å². The topological polar surface area (TPSA) is 37.8 Å². The first kappa shape index (κ1) is 14.6. The molecule has 1 N–H and O–H groups in total. The van der Waals surface area contributed by atoms with E-state index >= 15 is 0 Å². The van der Waals surface area contributed by atoms with Crippen molar-refractivity contribution in [3.05, 3.63) is 16.5 Å². The van der Waals surface area contributed by atoms with Gasteiger partial charge in [-0.2, -0.15) is 0 Å². The fourth-order valence-corrected chi connectivity index (χ4v) is 3.28. The normalized spacial score (nSPS) is 27.3. The van der Waals surface area contributed by atoms with Crippen LogP contribution in [0.4, 0.5) is 5.82 Å². The molecule has 0 spiro atoms. The first-order valence-electron chi connectivity index (χ1n) is 7.29. The standard InChI is InChI=1S/C15H24ClN3/c1-5-13-18-14(16)11(4)15(19-13)17-12-7-9(2)6-10(3)8-12/h9-10,12H,5-8H2,1-4H3,(H,17,18,19). The van der Waals surface area contributed by atoms with Gasteiger partial charge in [-0.05, 0) is 38.0 Å². The summed E-state index contributed by atoms with van der Waals surface area (Å²) in [6, 6.07) is 0.508. The third-order valence-electron chi connectivity index (χ3n) is 3.97. The van der Waals surface area contributed by atoms with Crippen molar-refractivity contribution in [2.75, 3.05) is 5.32 Å². The van der Waals surface area contributed by atoms with E-state index < -0.39 is 0 Å². The fourth-order valence-electron chi connectivity index (χ4n) is 3.09. The van der Waals surface area contributed by atoms with Gasteiger partial charge in [0.1, 0.15) is 16.8 Å². The maximum absolute atomic E-state index is 6.18. The number of halogens is 1. The summed E-state index contributed by atoms with van der Waals surface area (Å²) in [5, 5.41) is 4.17. The molecule has 106 valence electrons. The molecule has 2 rings (SSSR count). The number of nitrogens with one attached hydrogen (secondary N) is 1. The Morgan fingerprint density at radius 1 is 1.16 bits per heavy atom. The zero-order valence-corrected chi connectivity index (χ0v) is 13.1. The van der Waals surface area contributed by atoms with E-state index in [1.807, 2.05) is 6.92 Å². The number of aryl methyl sites for hydroxylation is 1. The minimum Gasteiger partial charge on any atom is -0.367 e. The molecule has 3 nitrogen and oxygen atoms in total. The second-order valence-electron chi connectivity index (χ2n) is 6.02. The molecule has 19 heavy (non-hydrogen) atoms. The Morgan fingerprint density at radius 3 is 2.37 bits per heavy atom. The number of hydrogen-bond acceptors (Lipinski definition) is 3. The maximum Gasteiger partial charge on any atom is 0.137 e. The third kappa shape index (κ3) is 3.59. The molecule has 1 aromatic rings. The lowest BCUT2D eigenvalue weighted by Gasteiger charge is -2.32. The summed E-state index contributed by atoms with van der Waals surface area (Å²) in [4.78, 5) is 8.88. The van der Waals surface area contributed by atoms with E-state index in [4.69, 9.17) is 11.6 Å². The molecule has 1 aliphatic carbocycles. The molecule has 1 fully saturated rings. The molecular formula is C15H24ClN3. The SMILES string of the molecule is CCc1nc(Cl)c(C)c(NC2CC(C)CC(C)C2)n1. The summed E-state index contributed by atoms with van der Waals surface area (Å²) in [5.41, 5.74) is 0.963. The van der Waals surface area contributed by atoms with Crippen molar-refractivity contribution in [1.82, 2.24) is 9.97 Å². The smallest absolute Gasteiger partial charge is 0.137 e. The molecule has 1 saturated carbocycles. The Balaban J connectivity index is 2.16. The Kier molecular flexibility index (Phi) is 4.67. The highest BCUT2D eigenvalue weighted by molar-refractivity contribution is 6.30. The molecule has 0 amide bonds. The number of aromatic nitrogens is 2. The van der Waals surface area contributed by atoms with E-state index in [1.165, 1.54) is 19.3 Å². The number of anilines is 1. The summed E-state index contributed by atoms with van der Waals surface area (Å²) in [6.07, 6.45) is 4.58. The van der Waals surface area contributed by atoms with Gasteiger partial charge < -0.3 is 5.32 Å². The second-order valence-corrected chi connectivity index (χ2v) is 6.37. The van der Waals surface area contributed by atoms with Crippen molar-refractivity contribution in [2.24, 2.45) is 11.8 Å². The van der Waals surface area contributed by atoms with Crippen LogP contribution in [0, 0.1) is 18.8 Å². The van der Waals surface area contributed by atoms with Gasteiger partial charge in [-0.25, -0.2) is 9.97 Å². The number of nitrogens with zero attached hydrogens (tertiary/aromatic N) is 2. The predicted molar refractivity (Wildman–Crippen MR) is 80.7 cm³/mol. The van der Waals surface area contributed by atoms with Gasteiger partial charge in [0, 0.05) is 18.0 Å². The molecule has 1 heterocycles. The van der Waals surface area contributed by atoms with Gasteiger partial charge in [0.25, 0.3) is 0 Å². The average Bonchev–Trinajstić information content (AvgIpc) is 2.33. The molecule has 0 radical (unpaired) electrons. The highest BCUT2D eigenvalue weighted by Gasteiger charge is 2.24. The monoisotopic (exact) mass is 281 g/mol. The summed E-state index contributed by atoms with van der Waals surface area (Å²) in [7, 11) is 0. The molecule has 1 aliphatic rings. The highest BCUT2D eigenvalue weighted by Crippen LogP contribution is 2.31. The van der Waals surface area contributed by atoms with Crippen molar-refractivity contribution in [3.8, 4) is 0 Å². The quantitative estimate of drug-likeness (QED) is 0.842. The van der Waals surface area contributed by atoms with Crippen LogP contribution in [0.1, 0.15) is 51.4 Å². The molecule has 2 unspecified atom stereocenters. The summed E-state index contributed by atoms with van der Waals surface area (Å²) in [5.74, 6) is 3.30. The summed E-state index contributed by atoms with van der Waals surface area (Å²) in [6.45, 7) is 8.71. The van der Waals surface area contributed by atoms with Gasteiger partial charge in [-0.15, -0.1) is 0 Å². The molecule has 0 aliphatic heterocycles. The molecule has 4 heteroatoms. The average molecular weight is 282 g/mol. The fraction of sp³-hybridized carbons (Fsp3) is 0.733. The van der Waals surface area contributed by atoms with Crippen LogP contribution in [0.3, 0.4) is 0 Å². The minimum atomic E-state index is 0.508. The largest absolute Gasteiger partial charge is 0.367 e. The Bertz CT molecular complexity index is 437. The first-order chi connectivity index (χ1) is 8.99. The summed E-state index contributed by atoms with van der Waals surface area (Å²) < 4.78 is 0. The predicted octanol–water partition coefficient (Wildman–Crippen LogP) is 4.24. The van der Waals surface area contributed by atoms with Gasteiger partial charge >= 0.3 is 0 Å². The van der Waals surface area contributed by atoms with Crippen molar-refractivity contribution in [2.45, 2.75) is 59.4 Å². The van der Waals surface area contributed by atoms with Crippen LogP contribution >= 0.6 is 11.6 Å². The number of rotatable bonds is 3. The van der Waals surface area contributed by atoms with Gasteiger partial charge in [0.05, 0.1) is 0 Å². The van der Waals surface area contributed by atoms with E-state index in [9.17, 15) is 0 Å². The van der Waals surface area contributed by atoms with Crippen LogP contribution in [-0.4, -0.2) is 16.0 Å². The molecule has 2 atom stereocenters. The first-order valence-corrected chi connectivity index (χ1v) is 7.66. The molecule has 0 aromatic carbocycles. The zero-order valence-electron chi connectivity index (χ0n) is 12.3. The molecule has 0 bridgehead atoms.